The second-order valence-electron chi connectivity index (χ2n) is 7.22. The molecule has 0 saturated carbocycles. The van der Waals surface area contributed by atoms with Crippen molar-refractivity contribution in [2.75, 3.05) is 25.0 Å². The Morgan fingerprint density at radius 3 is 3.00 bits per heavy atom. The molecule has 2 aromatic heterocycles. The number of nitrogens with zero attached hydrogens (tertiary/aromatic N) is 3. The number of nitrogens with one attached hydrogen (secondary N) is 1. The highest BCUT2D eigenvalue weighted by atomic mass is 16.2. The lowest BCUT2D eigenvalue weighted by atomic mass is 10.0. The van der Waals surface area contributed by atoms with E-state index in [2.05, 4.69) is 14.9 Å². The van der Waals surface area contributed by atoms with E-state index in [1.165, 1.54) is 0 Å². The van der Waals surface area contributed by atoms with Gasteiger partial charge < -0.3 is 14.8 Å². The summed E-state index contributed by atoms with van der Waals surface area (Å²) in [4.78, 5) is 36.6. The first kappa shape index (κ1) is 16.8. The summed E-state index contributed by atoms with van der Waals surface area (Å²) in [7, 11) is 1.81. The quantitative estimate of drug-likeness (QED) is 0.917. The van der Waals surface area contributed by atoms with Gasteiger partial charge in [0.1, 0.15) is 11.4 Å². The third-order valence-corrected chi connectivity index (χ3v) is 5.56. The van der Waals surface area contributed by atoms with Crippen LogP contribution in [0.1, 0.15) is 40.9 Å². The van der Waals surface area contributed by atoms with Crippen LogP contribution in [0.25, 0.3) is 0 Å². The van der Waals surface area contributed by atoms with E-state index in [1.54, 1.807) is 17.2 Å². The van der Waals surface area contributed by atoms with Crippen molar-refractivity contribution in [1.29, 1.82) is 0 Å². The summed E-state index contributed by atoms with van der Waals surface area (Å²) in [5.41, 5.74) is 2.11. The molecule has 0 spiro atoms. The summed E-state index contributed by atoms with van der Waals surface area (Å²) in [6, 6.07) is 7.76. The average Bonchev–Trinajstić information content (AvgIpc) is 3.14. The number of rotatable bonds is 3. The molecule has 2 aliphatic rings. The number of carbonyl (C=O) groups excluding carboxylic acids is 1. The second kappa shape index (κ2) is 6.94. The highest BCUT2D eigenvalue weighted by Gasteiger charge is 2.29. The number of carbonyl (C=O) groups is 1. The maximum Gasteiger partial charge on any atom is 0.261 e. The van der Waals surface area contributed by atoms with Gasteiger partial charge in [0.05, 0.1) is 0 Å². The van der Waals surface area contributed by atoms with Gasteiger partial charge in [-0.2, -0.15) is 0 Å². The first-order chi connectivity index (χ1) is 12.6. The summed E-state index contributed by atoms with van der Waals surface area (Å²) in [5.74, 6) is 0.752. The second-order valence-corrected chi connectivity index (χ2v) is 7.22. The highest BCUT2D eigenvalue weighted by molar-refractivity contribution is 5.94. The van der Waals surface area contributed by atoms with Crippen LogP contribution in [0, 0.1) is 0 Å². The number of hydrogen-bond acceptors (Lipinski definition) is 4. The predicted molar refractivity (Wildman–Crippen MR) is 101 cm³/mol. The van der Waals surface area contributed by atoms with Crippen molar-refractivity contribution < 1.29 is 4.79 Å². The number of likely N-dealkylation sites (N-methyl/N-ethyl adjacent to an activating group) is 1. The standard InChI is InChI=1S/C20H24N4O2/c1-23(15-7-5-11-24(13-15)18-9-2-3-10-21-18)20(26)16-12-14-6-4-8-17(14)22-19(16)25/h2-3,9-10,12,15H,4-8,11,13H2,1H3,(H,22,25). The first-order valence-electron chi connectivity index (χ1n) is 9.31. The van der Waals surface area contributed by atoms with Gasteiger partial charge in [0.15, 0.2) is 0 Å². The number of aryl methyl sites for hydroxylation is 2. The molecule has 1 aliphatic carbocycles. The number of hydrogen-bond donors (Lipinski definition) is 1. The Kier molecular flexibility index (Phi) is 4.49. The maximum atomic E-state index is 13.0. The molecule has 1 amide bonds. The Balaban J connectivity index is 1.53. The zero-order valence-corrected chi connectivity index (χ0v) is 15.1. The highest BCUT2D eigenvalue weighted by Crippen LogP contribution is 2.22. The normalized spacial score (nSPS) is 19.3. The molecule has 1 saturated heterocycles. The molecule has 1 unspecified atom stereocenters. The molecule has 1 fully saturated rings. The number of aromatic amines is 1. The summed E-state index contributed by atoms with van der Waals surface area (Å²) < 4.78 is 0. The zero-order valence-electron chi connectivity index (χ0n) is 15.1. The fourth-order valence-electron chi connectivity index (χ4n) is 4.05. The monoisotopic (exact) mass is 352 g/mol. The molecule has 2 aromatic rings. The third-order valence-electron chi connectivity index (χ3n) is 5.56. The Bertz CT molecular complexity index is 862. The SMILES string of the molecule is CN(C(=O)c1cc2c([nH]c1=O)CCC2)C1CCCN(c2ccccn2)C1. The van der Waals surface area contributed by atoms with Crippen molar-refractivity contribution in [3.8, 4) is 0 Å². The van der Waals surface area contributed by atoms with Gasteiger partial charge in [0.25, 0.3) is 11.5 Å². The lowest BCUT2D eigenvalue weighted by Crippen LogP contribution is -2.49. The zero-order chi connectivity index (χ0) is 18.1. The van der Waals surface area contributed by atoms with E-state index >= 15 is 0 Å². The molecule has 4 rings (SSSR count). The van der Waals surface area contributed by atoms with Gasteiger partial charge in [-0.15, -0.1) is 0 Å². The number of aromatic nitrogens is 2. The number of anilines is 1. The fourth-order valence-corrected chi connectivity index (χ4v) is 4.05. The molecule has 0 radical (unpaired) electrons. The minimum absolute atomic E-state index is 0.0749. The summed E-state index contributed by atoms with van der Waals surface area (Å²) in [5, 5.41) is 0. The van der Waals surface area contributed by atoms with Crippen LogP contribution in [0.2, 0.25) is 0 Å². The van der Waals surface area contributed by atoms with Crippen LogP contribution in [-0.2, 0) is 12.8 Å². The van der Waals surface area contributed by atoms with Crippen molar-refractivity contribution in [2.24, 2.45) is 0 Å². The van der Waals surface area contributed by atoms with E-state index in [9.17, 15) is 9.59 Å². The molecular formula is C20H24N4O2. The molecule has 3 heterocycles. The van der Waals surface area contributed by atoms with Crippen LogP contribution in [-0.4, -0.2) is 47.0 Å². The Hall–Kier alpha value is -2.63. The van der Waals surface area contributed by atoms with E-state index in [0.29, 0.717) is 0 Å². The van der Waals surface area contributed by atoms with Crippen LogP contribution in [0.3, 0.4) is 0 Å². The van der Waals surface area contributed by atoms with E-state index in [0.717, 1.165) is 62.3 Å². The minimum Gasteiger partial charge on any atom is -0.355 e. The molecule has 1 aliphatic heterocycles. The average molecular weight is 352 g/mol. The van der Waals surface area contributed by atoms with E-state index in [-0.39, 0.29) is 23.1 Å². The molecule has 1 N–H and O–H groups in total. The van der Waals surface area contributed by atoms with Crippen molar-refractivity contribution >= 4 is 11.7 Å². The lowest BCUT2D eigenvalue weighted by Gasteiger charge is -2.38. The van der Waals surface area contributed by atoms with Crippen molar-refractivity contribution in [1.82, 2.24) is 14.9 Å². The smallest absolute Gasteiger partial charge is 0.261 e. The number of fused-ring (bicyclic) bond motifs is 1. The number of piperidine rings is 1. The molecule has 136 valence electrons. The molecule has 6 heteroatoms. The van der Waals surface area contributed by atoms with Gasteiger partial charge in [-0.1, -0.05) is 6.07 Å². The third kappa shape index (κ3) is 3.11. The molecule has 0 bridgehead atoms. The van der Waals surface area contributed by atoms with E-state index in [4.69, 9.17) is 0 Å². The summed E-state index contributed by atoms with van der Waals surface area (Å²) in [6.45, 7) is 1.68. The Morgan fingerprint density at radius 1 is 1.31 bits per heavy atom. The van der Waals surface area contributed by atoms with Gasteiger partial charge in [-0.25, -0.2) is 4.98 Å². The van der Waals surface area contributed by atoms with Gasteiger partial charge in [-0.05, 0) is 55.9 Å². The number of H-pyrrole nitrogens is 1. The van der Waals surface area contributed by atoms with Crippen LogP contribution in [0.4, 0.5) is 5.82 Å². The first-order valence-corrected chi connectivity index (χ1v) is 9.31. The van der Waals surface area contributed by atoms with Crippen molar-refractivity contribution in [3.63, 3.8) is 0 Å². The van der Waals surface area contributed by atoms with E-state index < -0.39 is 0 Å². The van der Waals surface area contributed by atoms with Crippen LogP contribution >= 0.6 is 0 Å². The number of pyridine rings is 2. The Labute approximate surface area is 152 Å². The van der Waals surface area contributed by atoms with Gasteiger partial charge in [0.2, 0.25) is 0 Å². The molecule has 6 nitrogen and oxygen atoms in total. The maximum absolute atomic E-state index is 13.0. The Morgan fingerprint density at radius 2 is 2.19 bits per heavy atom. The largest absolute Gasteiger partial charge is 0.355 e. The molecule has 0 aromatic carbocycles. The van der Waals surface area contributed by atoms with Gasteiger partial charge >= 0.3 is 0 Å². The van der Waals surface area contributed by atoms with E-state index in [1.807, 2.05) is 25.2 Å². The van der Waals surface area contributed by atoms with Gasteiger partial charge in [-0.3, -0.25) is 9.59 Å². The lowest BCUT2D eigenvalue weighted by molar-refractivity contribution is 0.0715. The molecule has 26 heavy (non-hydrogen) atoms. The predicted octanol–water partition coefficient (Wildman–Crippen LogP) is 2.00. The molecular weight excluding hydrogens is 328 g/mol. The topological polar surface area (TPSA) is 69.3 Å². The fraction of sp³-hybridized carbons (Fsp3) is 0.450. The summed E-state index contributed by atoms with van der Waals surface area (Å²) >= 11 is 0. The van der Waals surface area contributed by atoms with Crippen LogP contribution in [0.15, 0.2) is 35.3 Å². The number of amides is 1. The van der Waals surface area contributed by atoms with Crippen molar-refractivity contribution in [2.45, 2.75) is 38.1 Å². The van der Waals surface area contributed by atoms with Gasteiger partial charge in [0, 0.05) is 38.1 Å². The van der Waals surface area contributed by atoms with Crippen LogP contribution in [0.5, 0.6) is 0 Å². The minimum atomic E-state index is -0.264. The summed E-state index contributed by atoms with van der Waals surface area (Å²) in [6.07, 6.45) is 6.61. The van der Waals surface area contributed by atoms with Crippen molar-refractivity contribution in [3.05, 3.63) is 57.6 Å². The van der Waals surface area contributed by atoms with Crippen LogP contribution < -0.4 is 10.5 Å². The molecule has 1 atom stereocenters.